The molecule has 96 valence electrons. The maximum absolute atomic E-state index is 6.06. The summed E-state index contributed by atoms with van der Waals surface area (Å²) >= 11 is 0. The maximum atomic E-state index is 6.06. The molecule has 0 aromatic carbocycles. The highest BCUT2D eigenvalue weighted by Crippen LogP contribution is 2.29. The van der Waals surface area contributed by atoms with Crippen molar-refractivity contribution in [3.05, 3.63) is 0 Å². The van der Waals surface area contributed by atoms with Crippen LogP contribution in [0.5, 0.6) is 0 Å². The molecule has 0 amide bonds. The molecule has 16 heavy (non-hydrogen) atoms. The first kappa shape index (κ1) is 14.0. The molecule has 0 aromatic rings. The summed E-state index contributed by atoms with van der Waals surface area (Å²) in [6, 6.07) is 0. The molecule has 1 fully saturated rings. The lowest BCUT2D eigenvalue weighted by atomic mass is 9.83. The van der Waals surface area contributed by atoms with Crippen LogP contribution >= 0.6 is 0 Å². The number of hydrogen-bond acceptors (Lipinski definition) is 1. The van der Waals surface area contributed by atoms with E-state index in [2.05, 4.69) is 20.8 Å². The first-order valence-corrected chi connectivity index (χ1v) is 7.26. The maximum Gasteiger partial charge on any atom is 0.0580 e. The van der Waals surface area contributed by atoms with Crippen molar-refractivity contribution >= 4 is 0 Å². The zero-order valence-corrected chi connectivity index (χ0v) is 11.6. The second kappa shape index (κ2) is 7.32. The van der Waals surface area contributed by atoms with E-state index in [1.807, 2.05) is 0 Å². The van der Waals surface area contributed by atoms with Crippen molar-refractivity contribution in [2.75, 3.05) is 6.61 Å². The van der Waals surface area contributed by atoms with Gasteiger partial charge in [0.05, 0.1) is 6.10 Å². The Morgan fingerprint density at radius 3 is 2.31 bits per heavy atom. The second-order valence-corrected chi connectivity index (χ2v) is 6.12. The molecule has 0 N–H and O–H groups in total. The van der Waals surface area contributed by atoms with Crippen LogP contribution in [0, 0.1) is 5.41 Å². The third kappa shape index (κ3) is 5.89. The van der Waals surface area contributed by atoms with Crippen molar-refractivity contribution in [1.82, 2.24) is 0 Å². The van der Waals surface area contributed by atoms with Crippen LogP contribution in [0.25, 0.3) is 0 Å². The van der Waals surface area contributed by atoms with Gasteiger partial charge in [0.25, 0.3) is 0 Å². The third-order valence-corrected chi connectivity index (χ3v) is 4.01. The van der Waals surface area contributed by atoms with Crippen LogP contribution in [-0.2, 0) is 4.74 Å². The van der Waals surface area contributed by atoms with Crippen LogP contribution < -0.4 is 0 Å². The van der Waals surface area contributed by atoms with E-state index in [1.165, 1.54) is 57.8 Å². The van der Waals surface area contributed by atoms with Crippen LogP contribution in [0.3, 0.4) is 0 Å². The van der Waals surface area contributed by atoms with Crippen molar-refractivity contribution in [1.29, 1.82) is 0 Å². The van der Waals surface area contributed by atoms with Gasteiger partial charge in [-0.15, -0.1) is 0 Å². The van der Waals surface area contributed by atoms with Gasteiger partial charge in [0.15, 0.2) is 0 Å². The smallest absolute Gasteiger partial charge is 0.0580 e. The number of ether oxygens (including phenoxy) is 1. The van der Waals surface area contributed by atoms with E-state index in [0.29, 0.717) is 11.5 Å². The van der Waals surface area contributed by atoms with Gasteiger partial charge in [-0.05, 0) is 24.7 Å². The molecule has 1 heterocycles. The quantitative estimate of drug-likeness (QED) is 0.662. The largest absolute Gasteiger partial charge is 0.378 e. The Hall–Kier alpha value is -0.0400. The molecule has 1 aliphatic rings. The Balaban J connectivity index is 2.35. The fourth-order valence-corrected chi connectivity index (χ4v) is 2.44. The molecule has 1 rings (SSSR count). The highest BCUT2D eigenvalue weighted by Gasteiger charge is 2.22. The van der Waals surface area contributed by atoms with Crippen LogP contribution in [0.1, 0.15) is 78.6 Å². The molecule has 1 heteroatoms. The lowest BCUT2D eigenvalue weighted by Gasteiger charge is -2.29. The fourth-order valence-electron chi connectivity index (χ4n) is 2.44. The van der Waals surface area contributed by atoms with Crippen molar-refractivity contribution < 1.29 is 4.74 Å². The minimum absolute atomic E-state index is 0.453. The van der Waals surface area contributed by atoms with Gasteiger partial charge in [-0.25, -0.2) is 0 Å². The average Bonchev–Trinajstić information content (AvgIpc) is 2.27. The number of rotatable bonds is 3. The molecule has 1 aliphatic heterocycles. The zero-order valence-electron chi connectivity index (χ0n) is 11.6. The van der Waals surface area contributed by atoms with Crippen LogP contribution in [0.15, 0.2) is 0 Å². The predicted octanol–water partition coefficient (Wildman–Crippen LogP) is 4.94. The first-order chi connectivity index (χ1) is 7.64. The number of hydrogen-bond donors (Lipinski definition) is 0. The van der Waals surface area contributed by atoms with Crippen molar-refractivity contribution in [2.45, 2.75) is 84.7 Å². The normalized spacial score (nSPS) is 25.3. The van der Waals surface area contributed by atoms with Crippen LogP contribution in [0.4, 0.5) is 0 Å². The van der Waals surface area contributed by atoms with Gasteiger partial charge in [-0.1, -0.05) is 59.3 Å². The average molecular weight is 226 g/mol. The summed E-state index contributed by atoms with van der Waals surface area (Å²) in [7, 11) is 0. The van der Waals surface area contributed by atoms with E-state index in [4.69, 9.17) is 4.74 Å². The Kier molecular flexibility index (Phi) is 6.41. The summed E-state index contributed by atoms with van der Waals surface area (Å²) in [4.78, 5) is 0. The molecular weight excluding hydrogens is 196 g/mol. The third-order valence-electron chi connectivity index (χ3n) is 4.01. The topological polar surface area (TPSA) is 9.23 Å². The summed E-state index contributed by atoms with van der Waals surface area (Å²) in [5, 5.41) is 0. The lowest BCUT2D eigenvalue weighted by Crippen LogP contribution is -2.23. The van der Waals surface area contributed by atoms with Gasteiger partial charge >= 0.3 is 0 Å². The standard InChI is InChI=1S/C15H30O/c1-4-15(2,3)13-14-11-9-7-5-6-8-10-12-16-14/h14H,4-13H2,1-3H3. The molecular formula is C15H30O. The van der Waals surface area contributed by atoms with E-state index < -0.39 is 0 Å². The van der Waals surface area contributed by atoms with Gasteiger partial charge in [0, 0.05) is 6.61 Å². The lowest BCUT2D eigenvalue weighted by molar-refractivity contribution is 0.0114. The predicted molar refractivity (Wildman–Crippen MR) is 70.7 cm³/mol. The van der Waals surface area contributed by atoms with Gasteiger partial charge in [0.2, 0.25) is 0 Å². The summed E-state index contributed by atoms with van der Waals surface area (Å²) < 4.78 is 6.06. The summed E-state index contributed by atoms with van der Waals surface area (Å²) in [6.07, 6.45) is 12.6. The van der Waals surface area contributed by atoms with Gasteiger partial charge in [-0.3, -0.25) is 0 Å². The second-order valence-electron chi connectivity index (χ2n) is 6.12. The monoisotopic (exact) mass is 226 g/mol. The summed E-state index contributed by atoms with van der Waals surface area (Å²) in [5.41, 5.74) is 0.453. The van der Waals surface area contributed by atoms with E-state index >= 15 is 0 Å². The minimum atomic E-state index is 0.453. The highest BCUT2D eigenvalue weighted by molar-refractivity contribution is 4.73. The van der Waals surface area contributed by atoms with E-state index in [-0.39, 0.29) is 0 Å². The zero-order chi connectivity index (χ0) is 11.9. The van der Waals surface area contributed by atoms with E-state index in [1.54, 1.807) is 0 Å². The molecule has 1 nitrogen and oxygen atoms in total. The van der Waals surface area contributed by atoms with Crippen molar-refractivity contribution in [2.24, 2.45) is 5.41 Å². The van der Waals surface area contributed by atoms with E-state index in [9.17, 15) is 0 Å². The SMILES string of the molecule is CCC(C)(C)CC1CCCCCCCCO1. The minimum Gasteiger partial charge on any atom is -0.378 e. The molecule has 0 aliphatic carbocycles. The molecule has 0 saturated carbocycles. The van der Waals surface area contributed by atoms with Crippen LogP contribution in [0.2, 0.25) is 0 Å². The summed E-state index contributed by atoms with van der Waals surface area (Å²) in [6.45, 7) is 8.02. The van der Waals surface area contributed by atoms with Gasteiger partial charge in [0.1, 0.15) is 0 Å². The molecule has 0 spiro atoms. The molecule has 1 saturated heterocycles. The molecule has 0 bridgehead atoms. The Labute approximate surface area is 102 Å². The Morgan fingerprint density at radius 1 is 1.00 bits per heavy atom. The molecule has 0 aromatic heterocycles. The van der Waals surface area contributed by atoms with Crippen molar-refractivity contribution in [3.8, 4) is 0 Å². The molecule has 1 atom stereocenters. The van der Waals surface area contributed by atoms with E-state index in [0.717, 1.165) is 6.61 Å². The fraction of sp³-hybridized carbons (Fsp3) is 1.00. The van der Waals surface area contributed by atoms with Crippen molar-refractivity contribution in [3.63, 3.8) is 0 Å². The van der Waals surface area contributed by atoms with Crippen LogP contribution in [-0.4, -0.2) is 12.7 Å². The summed E-state index contributed by atoms with van der Waals surface area (Å²) in [5.74, 6) is 0. The Bertz CT molecular complexity index is 164. The highest BCUT2D eigenvalue weighted by atomic mass is 16.5. The van der Waals surface area contributed by atoms with Gasteiger partial charge < -0.3 is 4.74 Å². The molecule has 1 unspecified atom stereocenters. The molecule has 0 radical (unpaired) electrons. The van der Waals surface area contributed by atoms with Gasteiger partial charge in [-0.2, -0.15) is 0 Å². The first-order valence-electron chi connectivity index (χ1n) is 7.26. The Morgan fingerprint density at radius 2 is 1.62 bits per heavy atom.